The van der Waals surface area contributed by atoms with Crippen LogP contribution in [-0.2, 0) is 0 Å². The zero-order valence-corrected chi connectivity index (χ0v) is 25.7. The van der Waals surface area contributed by atoms with E-state index in [-0.39, 0.29) is 24.7 Å². The van der Waals surface area contributed by atoms with Gasteiger partial charge in [-0.1, -0.05) is 71.8 Å². The normalized spacial score (nSPS) is 16.4. The Morgan fingerprint density at radius 2 is 1.76 bits per heavy atom. The lowest BCUT2D eigenvalue weighted by molar-refractivity contribution is -0.0265. The zero-order valence-electron chi connectivity index (χ0n) is 25.7. The fourth-order valence-electron chi connectivity index (χ4n) is 4.96. The first-order valence-corrected chi connectivity index (χ1v) is 15.8. The summed E-state index contributed by atoms with van der Waals surface area (Å²) in [7, 11) is 0. The molecule has 2 N–H and O–H groups in total. The summed E-state index contributed by atoms with van der Waals surface area (Å²) in [6.45, 7) is 7.64. The van der Waals surface area contributed by atoms with E-state index >= 15 is 0 Å². The molecular weight excluding hydrogens is 538 g/mol. The van der Waals surface area contributed by atoms with Crippen LogP contribution in [0.2, 0.25) is 0 Å². The van der Waals surface area contributed by atoms with Gasteiger partial charge in [-0.3, -0.25) is 4.98 Å². The first kappa shape index (κ1) is 33.7. The highest BCUT2D eigenvalue weighted by Gasteiger charge is 2.45. The lowest BCUT2D eigenvalue weighted by atomic mass is 10.0. The van der Waals surface area contributed by atoms with E-state index in [0.717, 1.165) is 25.8 Å². The van der Waals surface area contributed by atoms with Crippen molar-refractivity contribution in [2.24, 2.45) is 11.8 Å². The molecule has 3 heterocycles. The van der Waals surface area contributed by atoms with E-state index in [1.165, 1.54) is 74.1 Å². The number of nitrogens with one attached hydrogen (secondary N) is 1. The maximum absolute atomic E-state index is 12.9. The number of unbranched alkanes of at least 4 members (excludes halogenated alkanes) is 7. The minimum absolute atomic E-state index is 0.132. The molecule has 1 saturated heterocycles. The average molecular weight is 589 g/mol. The standard InChI is InChI=1S/C20H36N2.C13H14F2N2O3/c1-4-5-6-7-8-9-10-12-15-22-20(17-18(2)3)19-14-11-13-16-21-19;14-13(15)6-17(7-13)10-4-3-9(12(18)19)16-11(10)20-5-8-1-2-8/h11,13-14,16,18,20,22H,4-10,12,15,17H2,1-3H3;3-4,8H,1-2,5-7H2,(H,18,19). The summed E-state index contributed by atoms with van der Waals surface area (Å²) in [5.41, 5.74) is 1.48. The smallest absolute Gasteiger partial charge is 0.354 e. The molecule has 4 rings (SSSR count). The van der Waals surface area contributed by atoms with Gasteiger partial charge in [0, 0.05) is 12.2 Å². The highest BCUT2D eigenvalue weighted by atomic mass is 19.3. The molecule has 0 radical (unpaired) electrons. The number of anilines is 1. The van der Waals surface area contributed by atoms with Crippen LogP contribution in [-0.4, -0.2) is 53.2 Å². The van der Waals surface area contributed by atoms with Crippen LogP contribution >= 0.6 is 0 Å². The third-order valence-corrected chi connectivity index (χ3v) is 7.57. The second kappa shape index (κ2) is 17.3. The highest BCUT2D eigenvalue weighted by Crippen LogP contribution is 2.38. The van der Waals surface area contributed by atoms with Crippen LogP contribution < -0.4 is 15.0 Å². The number of aromatic nitrogens is 2. The Bertz CT molecular complexity index is 1060. The van der Waals surface area contributed by atoms with Gasteiger partial charge in [0.25, 0.3) is 5.92 Å². The first-order chi connectivity index (χ1) is 20.2. The molecule has 9 heteroatoms. The van der Waals surface area contributed by atoms with Gasteiger partial charge < -0.3 is 20.1 Å². The molecule has 2 aromatic rings. The number of alkyl halides is 2. The van der Waals surface area contributed by atoms with E-state index in [2.05, 4.69) is 48.2 Å². The van der Waals surface area contributed by atoms with E-state index in [9.17, 15) is 13.6 Å². The van der Waals surface area contributed by atoms with Crippen LogP contribution in [0.5, 0.6) is 5.88 Å². The number of pyridine rings is 2. The predicted octanol–water partition coefficient (Wildman–Crippen LogP) is 7.92. The van der Waals surface area contributed by atoms with Crippen LogP contribution in [0, 0.1) is 11.8 Å². The second-order valence-electron chi connectivity index (χ2n) is 12.2. The molecule has 1 aliphatic heterocycles. The maximum atomic E-state index is 12.9. The van der Waals surface area contributed by atoms with E-state index in [0.29, 0.717) is 30.2 Å². The summed E-state index contributed by atoms with van der Waals surface area (Å²) in [5, 5.41) is 12.6. The summed E-state index contributed by atoms with van der Waals surface area (Å²) >= 11 is 0. The van der Waals surface area contributed by atoms with Crippen molar-refractivity contribution in [1.82, 2.24) is 15.3 Å². The SMILES string of the molecule is CCCCCCCCCCNC(CC(C)C)c1ccccn1.O=C(O)c1ccc(N2CC(F)(F)C2)c(OCC2CC2)n1. The number of aromatic carboxylic acids is 1. The molecule has 0 amide bonds. The Hall–Kier alpha value is -2.81. The number of halogens is 2. The molecule has 234 valence electrons. The predicted molar refractivity (Wildman–Crippen MR) is 164 cm³/mol. The average Bonchev–Trinajstić information content (AvgIpc) is 3.78. The number of nitrogens with zero attached hydrogens (tertiary/aromatic N) is 3. The van der Waals surface area contributed by atoms with Crippen LogP contribution in [0.1, 0.15) is 114 Å². The lowest BCUT2D eigenvalue weighted by Gasteiger charge is -2.40. The molecule has 1 unspecified atom stereocenters. The minimum Gasteiger partial charge on any atom is -0.477 e. The Balaban J connectivity index is 0.000000231. The van der Waals surface area contributed by atoms with Gasteiger partial charge in [0.05, 0.1) is 25.4 Å². The van der Waals surface area contributed by atoms with Gasteiger partial charge >= 0.3 is 5.97 Å². The van der Waals surface area contributed by atoms with Crippen molar-refractivity contribution in [3.8, 4) is 5.88 Å². The molecule has 0 aromatic carbocycles. The third kappa shape index (κ3) is 12.2. The lowest BCUT2D eigenvalue weighted by Crippen LogP contribution is -2.56. The van der Waals surface area contributed by atoms with Crippen LogP contribution in [0.3, 0.4) is 0 Å². The Labute approximate surface area is 250 Å². The molecular formula is C33H50F2N4O3. The molecule has 42 heavy (non-hydrogen) atoms. The van der Waals surface area contributed by atoms with Crippen LogP contribution in [0.15, 0.2) is 36.5 Å². The summed E-state index contributed by atoms with van der Waals surface area (Å²) in [6, 6.07) is 9.42. The summed E-state index contributed by atoms with van der Waals surface area (Å²) < 4.78 is 31.4. The number of rotatable bonds is 18. The van der Waals surface area contributed by atoms with Crippen molar-refractivity contribution >= 4 is 11.7 Å². The molecule has 2 fully saturated rings. The number of carbonyl (C=O) groups is 1. The van der Waals surface area contributed by atoms with Gasteiger partial charge in [0.15, 0.2) is 5.69 Å². The molecule has 0 bridgehead atoms. The van der Waals surface area contributed by atoms with Crippen molar-refractivity contribution in [2.45, 2.75) is 103 Å². The van der Waals surface area contributed by atoms with Gasteiger partial charge in [-0.05, 0) is 68.3 Å². The van der Waals surface area contributed by atoms with Crippen molar-refractivity contribution < 1.29 is 23.4 Å². The Morgan fingerprint density at radius 1 is 1.07 bits per heavy atom. The quantitative estimate of drug-likeness (QED) is 0.171. The number of ether oxygens (including phenoxy) is 1. The van der Waals surface area contributed by atoms with Crippen LogP contribution in [0.25, 0.3) is 0 Å². The van der Waals surface area contributed by atoms with E-state index < -0.39 is 11.9 Å². The summed E-state index contributed by atoms with van der Waals surface area (Å²) in [4.78, 5) is 20.8. The molecule has 2 aliphatic rings. The summed E-state index contributed by atoms with van der Waals surface area (Å²) in [6.07, 6.45) is 16.3. The monoisotopic (exact) mass is 588 g/mol. The number of hydrogen-bond donors (Lipinski definition) is 2. The van der Waals surface area contributed by atoms with Crippen molar-refractivity contribution in [3.05, 3.63) is 47.9 Å². The van der Waals surface area contributed by atoms with Gasteiger partial charge in [-0.25, -0.2) is 18.6 Å². The fourth-order valence-corrected chi connectivity index (χ4v) is 4.96. The van der Waals surface area contributed by atoms with Gasteiger partial charge in [0.2, 0.25) is 5.88 Å². The maximum Gasteiger partial charge on any atom is 0.354 e. The molecule has 1 saturated carbocycles. The third-order valence-electron chi connectivity index (χ3n) is 7.57. The fraction of sp³-hybridized carbons (Fsp3) is 0.667. The topological polar surface area (TPSA) is 87.6 Å². The molecule has 1 atom stereocenters. The van der Waals surface area contributed by atoms with E-state index in [1.54, 1.807) is 0 Å². The Kier molecular flexibility index (Phi) is 13.9. The zero-order chi connectivity index (χ0) is 30.4. The highest BCUT2D eigenvalue weighted by molar-refractivity contribution is 5.86. The van der Waals surface area contributed by atoms with Crippen LogP contribution in [0.4, 0.5) is 14.5 Å². The van der Waals surface area contributed by atoms with E-state index in [1.807, 2.05) is 12.3 Å². The molecule has 2 aromatic heterocycles. The van der Waals surface area contributed by atoms with Gasteiger partial charge in [-0.15, -0.1) is 0 Å². The van der Waals surface area contributed by atoms with Crippen molar-refractivity contribution in [2.75, 3.05) is 31.1 Å². The van der Waals surface area contributed by atoms with Gasteiger partial charge in [-0.2, -0.15) is 0 Å². The number of carboxylic acids is 1. The number of hydrogen-bond acceptors (Lipinski definition) is 6. The first-order valence-electron chi connectivity index (χ1n) is 15.8. The molecule has 0 spiro atoms. The molecule has 1 aliphatic carbocycles. The minimum atomic E-state index is -2.70. The largest absolute Gasteiger partial charge is 0.477 e. The second-order valence-corrected chi connectivity index (χ2v) is 12.2. The van der Waals surface area contributed by atoms with Crippen molar-refractivity contribution in [3.63, 3.8) is 0 Å². The summed E-state index contributed by atoms with van der Waals surface area (Å²) in [5.74, 6) is -2.57. The molecule has 7 nitrogen and oxygen atoms in total. The Morgan fingerprint density at radius 3 is 2.33 bits per heavy atom. The van der Waals surface area contributed by atoms with Gasteiger partial charge in [0.1, 0.15) is 5.69 Å². The van der Waals surface area contributed by atoms with Crippen molar-refractivity contribution in [1.29, 1.82) is 0 Å². The van der Waals surface area contributed by atoms with E-state index in [4.69, 9.17) is 9.84 Å². The number of carboxylic acid groups (broad SMARTS) is 1.